The van der Waals surface area contributed by atoms with E-state index in [0.29, 0.717) is 26.2 Å². The number of sulfone groups is 1. The summed E-state index contributed by atoms with van der Waals surface area (Å²) < 4.78 is 50.5. The summed E-state index contributed by atoms with van der Waals surface area (Å²) in [6.07, 6.45) is 1.14. The molecule has 0 bridgehead atoms. The molecule has 1 fully saturated rings. The topological polar surface area (TPSA) is 104 Å². The van der Waals surface area contributed by atoms with Crippen molar-refractivity contribution < 1.29 is 21.6 Å². The molecule has 31 heavy (non-hydrogen) atoms. The number of piperazine rings is 1. The van der Waals surface area contributed by atoms with Crippen molar-refractivity contribution in [3.63, 3.8) is 0 Å². The van der Waals surface area contributed by atoms with Gasteiger partial charge in [0.1, 0.15) is 0 Å². The first-order chi connectivity index (χ1) is 14.5. The Morgan fingerprint density at radius 2 is 1.55 bits per heavy atom. The first-order valence-electron chi connectivity index (χ1n) is 9.88. The van der Waals surface area contributed by atoms with Crippen molar-refractivity contribution in [2.24, 2.45) is 0 Å². The Bertz CT molecular complexity index is 1150. The highest BCUT2D eigenvalue weighted by molar-refractivity contribution is 7.90. The van der Waals surface area contributed by atoms with Crippen LogP contribution in [0.4, 0.5) is 0 Å². The van der Waals surface area contributed by atoms with Crippen LogP contribution in [-0.2, 0) is 19.9 Å². The molecule has 1 heterocycles. The average molecular weight is 466 g/mol. The molecule has 0 saturated carbocycles. The first kappa shape index (κ1) is 23.4. The van der Waals surface area contributed by atoms with Crippen molar-refractivity contribution in [1.29, 1.82) is 0 Å². The molecule has 0 spiro atoms. The number of amides is 1. The van der Waals surface area contributed by atoms with Crippen molar-refractivity contribution >= 4 is 25.8 Å². The fourth-order valence-electron chi connectivity index (χ4n) is 3.34. The third-order valence-electron chi connectivity index (χ3n) is 5.35. The molecule has 10 heteroatoms. The van der Waals surface area contributed by atoms with Crippen LogP contribution in [0, 0.1) is 0 Å². The van der Waals surface area contributed by atoms with Crippen molar-refractivity contribution in [3.05, 3.63) is 59.7 Å². The van der Waals surface area contributed by atoms with E-state index in [0.717, 1.165) is 11.8 Å². The minimum Gasteiger partial charge on any atom is -0.346 e. The Hall–Kier alpha value is -2.27. The van der Waals surface area contributed by atoms with Crippen LogP contribution >= 0.6 is 0 Å². The fourth-order valence-corrected chi connectivity index (χ4v) is 5.44. The van der Waals surface area contributed by atoms with Crippen LogP contribution in [-0.4, -0.2) is 71.4 Å². The molecule has 1 aliphatic rings. The van der Waals surface area contributed by atoms with Crippen LogP contribution in [0.5, 0.6) is 0 Å². The zero-order valence-electron chi connectivity index (χ0n) is 17.8. The molecule has 1 atom stereocenters. The van der Waals surface area contributed by atoms with E-state index in [4.69, 9.17) is 0 Å². The van der Waals surface area contributed by atoms with E-state index in [1.165, 1.54) is 28.6 Å². The van der Waals surface area contributed by atoms with Crippen LogP contribution in [0.2, 0.25) is 0 Å². The second-order valence-corrected chi connectivity index (χ2v) is 11.7. The van der Waals surface area contributed by atoms with Gasteiger partial charge in [0.15, 0.2) is 9.84 Å². The second kappa shape index (κ2) is 9.07. The number of carbonyl (C=O) groups excluding carboxylic acids is 1. The van der Waals surface area contributed by atoms with Crippen molar-refractivity contribution in [2.45, 2.75) is 22.8 Å². The fraction of sp³-hybridized carbons (Fsp3) is 0.381. The number of likely N-dealkylation sites (N-methyl/N-ethyl adjacent to an activating group) is 1. The largest absolute Gasteiger partial charge is 0.346 e. The Morgan fingerprint density at radius 3 is 2.13 bits per heavy atom. The number of nitrogens with zero attached hydrogens (tertiary/aromatic N) is 2. The van der Waals surface area contributed by atoms with Crippen LogP contribution in [0.3, 0.4) is 0 Å². The number of rotatable bonds is 6. The molecule has 1 aliphatic heterocycles. The smallest absolute Gasteiger partial charge is 0.251 e. The number of nitrogens with one attached hydrogen (secondary N) is 1. The molecule has 3 rings (SSSR count). The quantitative estimate of drug-likeness (QED) is 0.694. The monoisotopic (exact) mass is 465 g/mol. The summed E-state index contributed by atoms with van der Waals surface area (Å²) in [6.45, 7) is 3.92. The van der Waals surface area contributed by atoms with Gasteiger partial charge in [-0.15, -0.1) is 0 Å². The lowest BCUT2D eigenvalue weighted by Crippen LogP contribution is -2.47. The van der Waals surface area contributed by atoms with E-state index >= 15 is 0 Å². The van der Waals surface area contributed by atoms with Gasteiger partial charge in [0.25, 0.3) is 5.91 Å². The van der Waals surface area contributed by atoms with Gasteiger partial charge in [0, 0.05) is 38.0 Å². The lowest BCUT2D eigenvalue weighted by molar-refractivity contribution is 0.0939. The minimum absolute atomic E-state index is 0.0925. The molecule has 1 saturated heterocycles. The van der Waals surface area contributed by atoms with Gasteiger partial charge in [-0.05, 0) is 49.9 Å². The second-order valence-electron chi connectivity index (χ2n) is 7.77. The summed E-state index contributed by atoms with van der Waals surface area (Å²) in [5.41, 5.74) is 0.983. The highest BCUT2D eigenvalue weighted by atomic mass is 32.2. The molecule has 8 nitrogen and oxygen atoms in total. The van der Waals surface area contributed by atoms with Crippen LogP contribution in [0.15, 0.2) is 58.3 Å². The Labute approximate surface area is 183 Å². The van der Waals surface area contributed by atoms with Crippen molar-refractivity contribution in [2.75, 3.05) is 39.5 Å². The van der Waals surface area contributed by atoms with Crippen LogP contribution in [0.25, 0.3) is 0 Å². The van der Waals surface area contributed by atoms with Gasteiger partial charge in [-0.2, -0.15) is 4.31 Å². The van der Waals surface area contributed by atoms with Crippen LogP contribution in [0.1, 0.15) is 28.9 Å². The first-order valence-corrected chi connectivity index (χ1v) is 13.2. The third-order valence-corrected chi connectivity index (χ3v) is 8.38. The van der Waals surface area contributed by atoms with Gasteiger partial charge in [-0.1, -0.05) is 18.2 Å². The van der Waals surface area contributed by atoms with Gasteiger partial charge in [-0.3, -0.25) is 4.79 Å². The van der Waals surface area contributed by atoms with Crippen molar-refractivity contribution in [3.8, 4) is 0 Å². The predicted molar refractivity (Wildman–Crippen MR) is 118 cm³/mol. The van der Waals surface area contributed by atoms with E-state index in [9.17, 15) is 21.6 Å². The Balaban J connectivity index is 1.74. The summed E-state index contributed by atoms with van der Waals surface area (Å²) in [5, 5.41) is 2.83. The highest BCUT2D eigenvalue weighted by Crippen LogP contribution is 2.20. The molecular weight excluding hydrogens is 438 g/mol. The van der Waals surface area contributed by atoms with Crippen molar-refractivity contribution in [1.82, 2.24) is 14.5 Å². The molecule has 2 aromatic carbocycles. The maximum atomic E-state index is 13.0. The highest BCUT2D eigenvalue weighted by Gasteiger charge is 2.28. The molecular formula is C21H27N3O5S2. The van der Waals surface area contributed by atoms with Gasteiger partial charge < -0.3 is 10.2 Å². The SMILES string of the molecule is C[C@@H](NC(=O)c1cccc(S(=O)(=O)N2CCN(C)CC2)c1)c1ccc(S(C)(=O)=O)cc1. The van der Waals surface area contributed by atoms with Gasteiger partial charge in [-0.25, -0.2) is 16.8 Å². The average Bonchev–Trinajstić information content (AvgIpc) is 2.73. The molecule has 0 aromatic heterocycles. The number of hydrogen-bond donors (Lipinski definition) is 1. The lowest BCUT2D eigenvalue weighted by atomic mass is 10.1. The lowest BCUT2D eigenvalue weighted by Gasteiger charge is -2.31. The molecule has 168 valence electrons. The zero-order chi connectivity index (χ0) is 22.8. The summed E-state index contributed by atoms with van der Waals surface area (Å²) in [6, 6.07) is 11.9. The normalized spacial score (nSPS) is 17.3. The van der Waals surface area contributed by atoms with Gasteiger partial charge in [0.2, 0.25) is 10.0 Å². The number of hydrogen-bond acceptors (Lipinski definition) is 6. The van der Waals surface area contributed by atoms with E-state index in [1.807, 2.05) is 7.05 Å². The van der Waals surface area contributed by atoms with E-state index in [2.05, 4.69) is 10.2 Å². The molecule has 2 aromatic rings. The third kappa shape index (κ3) is 5.51. The van der Waals surface area contributed by atoms with E-state index in [1.54, 1.807) is 31.2 Å². The number of carbonyl (C=O) groups is 1. The number of sulfonamides is 1. The maximum Gasteiger partial charge on any atom is 0.251 e. The predicted octanol–water partition coefficient (Wildman–Crippen LogP) is 1.52. The summed E-state index contributed by atoms with van der Waals surface area (Å²) in [5.74, 6) is -0.407. The molecule has 1 N–H and O–H groups in total. The van der Waals surface area contributed by atoms with E-state index < -0.39 is 25.8 Å². The van der Waals surface area contributed by atoms with Gasteiger partial charge >= 0.3 is 0 Å². The number of benzene rings is 2. The summed E-state index contributed by atoms with van der Waals surface area (Å²) in [7, 11) is -5.02. The van der Waals surface area contributed by atoms with E-state index in [-0.39, 0.29) is 21.4 Å². The Kier molecular flexibility index (Phi) is 6.85. The van der Waals surface area contributed by atoms with Crippen LogP contribution < -0.4 is 5.32 Å². The minimum atomic E-state index is -3.67. The Morgan fingerprint density at radius 1 is 0.935 bits per heavy atom. The summed E-state index contributed by atoms with van der Waals surface area (Å²) in [4.78, 5) is 15.1. The molecule has 1 amide bonds. The standard InChI is InChI=1S/C21H27N3O5S2/c1-16(17-7-9-19(10-8-17)30(3,26)27)22-21(25)18-5-4-6-20(15-18)31(28,29)24-13-11-23(2)12-14-24/h4-10,15-16H,11-14H2,1-3H3,(H,22,25)/t16-/m1/s1. The molecule has 0 radical (unpaired) electrons. The molecule has 0 unspecified atom stereocenters. The summed E-state index contributed by atoms with van der Waals surface area (Å²) >= 11 is 0. The van der Waals surface area contributed by atoms with Gasteiger partial charge in [0.05, 0.1) is 15.8 Å². The molecule has 0 aliphatic carbocycles. The zero-order valence-corrected chi connectivity index (χ0v) is 19.4. The maximum absolute atomic E-state index is 13.0.